The van der Waals surface area contributed by atoms with E-state index in [0.29, 0.717) is 12.2 Å². The highest BCUT2D eigenvalue weighted by Gasteiger charge is 2.06. The van der Waals surface area contributed by atoms with Gasteiger partial charge in [0, 0.05) is 10.6 Å². The van der Waals surface area contributed by atoms with Crippen molar-refractivity contribution in [2.45, 2.75) is 11.8 Å². The quantitative estimate of drug-likeness (QED) is 0.494. The molecule has 0 unspecified atom stereocenters. The summed E-state index contributed by atoms with van der Waals surface area (Å²) in [5.74, 6) is -0.325. The van der Waals surface area contributed by atoms with Gasteiger partial charge in [-0.25, -0.2) is 9.59 Å². The van der Waals surface area contributed by atoms with Gasteiger partial charge in [-0.1, -0.05) is 0 Å². The number of aromatic amines is 2. The van der Waals surface area contributed by atoms with Crippen molar-refractivity contribution in [2.75, 3.05) is 11.3 Å². The lowest BCUT2D eigenvalue weighted by atomic mass is 10.2. The number of esters is 1. The lowest BCUT2D eigenvalue weighted by molar-refractivity contribution is 0.0526. The monoisotopic (exact) mass is 329 g/mol. The second-order valence-electron chi connectivity index (χ2n) is 4.79. The summed E-state index contributed by atoms with van der Waals surface area (Å²) in [5, 5.41) is 0. The van der Waals surface area contributed by atoms with Crippen LogP contribution in [0, 0.1) is 0 Å². The van der Waals surface area contributed by atoms with E-state index < -0.39 is 0 Å². The highest BCUT2D eigenvalue weighted by Crippen LogP contribution is 2.23. The van der Waals surface area contributed by atoms with Gasteiger partial charge >= 0.3 is 11.7 Å². The zero-order valence-electron chi connectivity index (χ0n) is 12.4. The first-order chi connectivity index (χ1) is 11.2. The number of carbonyl (C=O) groups is 1. The van der Waals surface area contributed by atoms with E-state index in [0.717, 1.165) is 21.6 Å². The van der Waals surface area contributed by atoms with Crippen LogP contribution in [0.25, 0.3) is 11.0 Å². The van der Waals surface area contributed by atoms with E-state index in [1.54, 1.807) is 19.1 Å². The fraction of sp³-hybridized carbons (Fsp3) is 0.125. The maximum Gasteiger partial charge on any atom is 0.338 e. The van der Waals surface area contributed by atoms with E-state index in [2.05, 4.69) is 14.7 Å². The van der Waals surface area contributed by atoms with Gasteiger partial charge in [-0.05, 0) is 61.3 Å². The van der Waals surface area contributed by atoms with Crippen LogP contribution in [0.4, 0.5) is 5.69 Å². The van der Waals surface area contributed by atoms with E-state index in [-0.39, 0.29) is 11.7 Å². The predicted octanol–water partition coefficient (Wildman–Crippen LogP) is 3.15. The molecule has 0 aliphatic rings. The van der Waals surface area contributed by atoms with Gasteiger partial charge in [-0.2, -0.15) is 0 Å². The first kappa shape index (κ1) is 15.2. The minimum atomic E-state index is -0.325. The van der Waals surface area contributed by atoms with Crippen molar-refractivity contribution in [1.29, 1.82) is 0 Å². The predicted molar refractivity (Wildman–Crippen MR) is 90.8 cm³/mol. The van der Waals surface area contributed by atoms with Gasteiger partial charge in [-0.3, -0.25) is 0 Å². The van der Waals surface area contributed by atoms with Crippen molar-refractivity contribution in [3.63, 3.8) is 0 Å². The molecule has 0 atom stereocenters. The number of aromatic nitrogens is 2. The molecule has 3 aromatic rings. The molecule has 0 bridgehead atoms. The van der Waals surface area contributed by atoms with E-state index in [4.69, 9.17) is 4.74 Å². The Hall–Kier alpha value is -2.67. The number of hydrogen-bond acceptors (Lipinski definition) is 5. The van der Waals surface area contributed by atoms with Gasteiger partial charge in [0.05, 0.1) is 23.2 Å². The third-order valence-corrected chi connectivity index (χ3v) is 4.00. The summed E-state index contributed by atoms with van der Waals surface area (Å²) < 4.78 is 8.14. The second-order valence-corrected chi connectivity index (χ2v) is 5.67. The van der Waals surface area contributed by atoms with Crippen molar-refractivity contribution in [1.82, 2.24) is 9.97 Å². The Morgan fingerprint density at radius 2 is 1.87 bits per heavy atom. The first-order valence-electron chi connectivity index (χ1n) is 7.08. The van der Waals surface area contributed by atoms with Crippen LogP contribution >= 0.6 is 11.9 Å². The molecular weight excluding hydrogens is 314 g/mol. The van der Waals surface area contributed by atoms with Crippen molar-refractivity contribution < 1.29 is 9.53 Å². The zero-order chi connectivity index (χ0) is 16.2. The van der Waals surface area contributed by atoms with Gasteiger partial charge < -0.3 is 19.4 Å². The normalized spacial score (nSPS) is 10.7. The van der Waals surface area contributed by atoms with Crippen molar-refractivity contribution in [3.8, 4) is 0 Å². The van der Waals surface area contributed by atoms with Crippen LogP contribution < -0.4 is 10.4 Å². The van der Waals surface area contributed by atoms with E-state index in [1.807, 2.05) is 30.3 Å². The van der Waals surface area contributed by atoms with Gasteiger partial charge in [-0.15, -0.1) is 0 Å². The average Bonchev–Trinajstić information content (AvgIpc) is 2.93. The Morgan fingerprint density at radius 1 is 1.13 bits per heavy atom. The Balaban J connectivity index is 1.67. The number of ether oxygens (including phenoxy) is 1. The standard InChI is InChI=1S/C16H15N3O3S/c1-2-22-15(20)10-3-5-11(6-4-10)19-23-12-7-8-13-14(9-12)18-16(21)17-13/h3-9,19H,2H2,1H3,(H2,17,18,21). The molecule has 0 aliphatic heterocycles. The zero-order valence-corrected chi connectivity index (χ0v) is 13.2. The lowest BCUT2D eigenvalue weighted by Crippen LogP contribution is -2.04. The molecule has 0 spiro atoms. The first-order valence-corrected chi connectivity index (χ1v) is 7.89. The van der Waals surface area contributed by atoms with Crippen LogP contribution in [-0.4, -0.2) is 22.5 Å². The van der Waals surface area contributed by atoms with E-state index >= 15 is 0 Å². The number of nitrogens with one attached hydrogen (secondary N) is 3. The van der Waals surface area contributed by atoms with Gasteiger partial charge in [0.2, 0.25) is 0 Å². The molecule has 2 aromatic carbocycles. The molecule has 1 heterocycles. The number of anilines is 1. The average molecular weight is 329 g/mol. The van der Waals surface area contributed by atoms with Crippen molar-refractivity contribution in [2.24, 2.45) is 0 Å². The number of carbonyl (C=O) groups excluding carboxylic acids is 1. The highest BCUT2D eigenvalue weighted by atomic mass is 32.2. The van der Waals surface area contributed by atoms with Gasteiger partial charge in [0.15, 0.2) is 0 Å². The summed E-state index contributed by atoms with van der Waals surface area (Å²) >= 11 is 1.42. The maximum atomic E-state index is 11.6. The third-order valence-electron chi connectivity index (χ3n) is 3.17. The van der Waals surface area contributed by atoms with E-state index in [9.17, 15) is 9.59 Å². The molecule has 0 saturated carbocycles. The molecular formula is C16H15N3O3S. The largest absolute Gasteiger partial charge is 0.462 e. The van der Waals surface area contributed by atoms with Crippen LogP contribution in [0.5, 0.6) is 0 Å². The van der Waals surface area contributed by atoms with Crippen LogP contribution in [0.3, 0.4) is 0 Å². The molecule has 6 nitrogen and oxygen atoms in total. The second kappa shape index (κ2) is 6.62. The molecule has 3 N–H and O–H groups in total. The number of imidazole rings is 1. The minimum absolute atomic E-state index is 0.218. The fourth-order valence-electron chi connectivity index (χ4n) is 2.08. The molecule has 0 aliphatic carbocycles. The molecule has 1 aromatic heterocycles. The van der Waals surface area contributed by atoms with E-state index in [1.165, 1.54) is 11.9 Å². The van der Waals surface area contributed by atoms with Crippen molar-refractivity contribution in [3.05, 3.63) is 58.5 Å². The fourth-order valence-corrected chi connectivity index (χ4v) is 2.77. The van der Waals surface area contributed by atoms with Crippen LogP contribution in [-0.2, 0) is 4.74 Å². The van der Waals surface area contributed by atoms with Gasteiger partial charge in [0.1, 0.15) is 0 Å². The van der Waals surface area contributed by atoms with Crippen LogP contribution in [0.2, 0.25) is 0 Å². The highest BCUT2D eigenvalue weighted by molar-refractivity contribution is 8.00. The molecule has 0 saturated heterocycles. The lowest BCUT2D eigenvalue weighted by Gasteiger charge is -2.07. The maximum absolute atomic E-state index is 11.6. The Labute approximate surface area is 136 Å². The summed E-state index contributed by atoms with van der Waals surface area (Å²) in [4.78, 5) is 29.2. The minimum Gasteiger partial charge on any atom is -0.462 e. The number of H-pyrrole nitrogens is 2. The SMILES string of the molecule is CCOC(=O)c1ccc(NSc2ccc3[nH]c(=O)[nH]c3c2)cc1. The molecule has 118 valence electrons. The molecule has 7 heteroatoms. The summed E-state index contributed by atoms with van der Waals surface area (Å²) in [5.41, 5.74) is 2.71. The third kappa shape index (κ3) is 3.57. The van der Waals surface area contributed by atoms with Gasteiger partial charge in [0.25, 0.3) is 0 Å². The summed E-state index contributed by atoms with van der Waals surface area (Å²) in [6.07, 6.45) is 0. The number of fused-ring (bicyclic) bond motifs is 1. The Kier molecular flexibility index (Phi) is 4.38. The Bertz CT molecular complexity index is 883. The number of benzene rings is 2. The summed E-state index contributed by atoms with van der Waals surface area (Å²) in [7, 11) is 0. The number of hydrogen-bond donors (Lipinski definition) is 3. The molecule has 0 fully saturated rings. The molecule has 23 heavy (non-hydrogen) atoms. The van der Waals surface area contributed by atoms with Crippen molar-refractivity contribution >= 4 is 34.6 Å². The number of rotatable bonds is 5. The molecule has 0 amide bonds. The Morgan fingerprint density at radius 3 is 2.61 bits per heavy atom. The van der Waals surface area contributed by atoms with Crippen LogP contribution in [0.1, 0.15) is 17.3 Å². The van der Waals surface area contributed by atoms with Crippen LogP contribution in [0.15, 0.2) is 52.2 Å². The summed E-state index contributed by atoms with van der Waals surface area (Å²) in [6, 6.07) is 12.7. The smallest absolute Gasteiger partial charge is 0.338 e. The molecule has 0 radical (unpaired) electrons. The topological polar surface area (TPSA) is 87.0 Å². The summed E-state index contributed by atoms with van der Waals surface area (Å²) in [6.45, 7) is 2.14. The molecule has 3 rings (SSSR count).